The third-order valence-electron chi connectivity index (χ3n) is 15.8. The maximum absolute atomic E-state index is 14.3. The van der Waals surface area contributed by atoms with E-state index in [1.807, 2.05) is 61.2 Å². The monoisotopic (exact) mass is 982 g/mol. The number of nitrogens with zero attached hydrogens (tertiary/aromatic N) is 4. The summed E-state index contributed by atoms with van der Waals surface area (Å²) < 4.78 is 38.3. The molecule has 16 heteroatoms. The molecule has 1 aromatic heterocycles. The summed E-state index contributed by atoms with van der Waals surface area (Å²) in [6.45, 7) is 6.42. The van der Waals surface area contributed by atoms with Crippen molar-refractivity contribution in [3.63, 3.8) is 0 Å². The molecule has 5 aromatic rings. The van der Waals surface area contributed by atoms with Crippen LogP contribution in [0.5, 0.6) is 0 Å². The average molecular weight is 983 g/mol. The summed E-state index contributed by atoms with van der Waals surface area (Å²) >= 11 is 0. The number of halogens is 2. The molecule has 3 atom stereocenters. The number of carbonyl (C=O) groups excluding carboxylic acids is 4. The summed E-state index contributed by atoms with van der Waals surface area (Å²) in [4.78, 5) is 69.3. The molecule has 1 unspecified atom stereocenters. The molecule has 72 heavy (non-hydrogen) atoms. The molecule has 4 aliphatic heterocycles. The number of carbonyl (C=O) groups is 4. The highest BCUT2D eigenvalue weighted by molar-refractivity contribution is 6.00. The van der Waals surface area contributed by atoms with E-state index in [1.165, 1.54) is 4.57 Å². The van der Waals surface area contributed by atoms with Crippen molar-refractivity contribution in [1.82, 2.24) is 30.0 Å². The molecule has 0 spiro atoms. The Bertz CT molecular complexity index is 3020. The molecule has 5 aliphatic rings. The van der Waals surface area contributed by atoms with E-state index in [4.69, 9.17) is 4.74 Å². The molecule has 378 valence electrons. The van der Waals surface area contributed by atoms with E-state index >= 15 is 0 Å². The predicted octanol–water partition coefficient (Wildman–Crippen LogP) is 7.12. The lowest BCUT2D eigenvalue weighted by Gasteiger charge is -2.39. The maximum Gasteiger partial charge on any atom is 0.329 e. The van der Waals surface area contributed by atoms with Gasteiger partial charge in [0.05, 0.1) is 35.8 Å². The van der Waals surface area contributed by atoms with E-state index in [0.29, 0.717) is 29.9 Å². The highest BCUT2D eigenvalue weighted by atomic mass is 19.3. The Morgan fingerprint density at radius 3 is 2.29 bits per heavy atom. The second kappa shape index (κ2) is 20.5. The number of amides is 4. The highest BCUT2D eigenvalue weighted by Gasteiger charge is 2.44. The van der Waals surface area contributed by atoms with Crippen molar-refractivity contribution in [1.29, 1.82) is 0 Å². The zero-order chi connectivity index (χ0) is 50.3. The molecular formula is C56H64F2N8O6. The van der Waals surface area contributed by atoms with Crippen LogP contribution in [-0.2, 0) is 26.2 Å². The van der Waals surface area contributed by atoms with Gasteiger partial charge >= 0.3 is 5.69 Å². The quantitative estimate of drug-likeness (QED) is 0.0845. The summed E-state index contributed by atoms with van der Waals surface area (Å²) in [5, 5.41) is 13.2. The third kappa shape index (κ3) is 10.1. The number of piperidine rings is 3. The number of aryl methyl sites for hydroxylation is 2. The van der Waals surface area contributed by atoms with E-state index in [9.17, 15) is 32.8 Å². The maximum atomic E-state index is 14.3. The summed E-state index contributed by atoms with van der Waals surface area (Å²) in [5.74, 6) is 3.61. The van der Waals surface area contributed by atoms with Crippen LogP contribution >= 0.6 is 0 Å². The Balaban J connectivity index is 0.677. The van der Waals surface area contributed by atoms with Gasteiger partial charge in [0.1, 0.15) is 12.1 Å². The molecule has 5 fully saturated rings. The fourth-order valence-corrected chi connectivity index (χ4v) is 11.6. The van der Waals surface area contributed by atoms with Crippen LogP contribution in [0.2, 0.25) is 0 Å². The van der Waals surface area contributed by atoms with Gasteiger partial charge in [0.25, 0.3) is 11.8 Å². The van der Waals surface area contributed by atoms with Crippen molar-refractivity contribution in [3.05, 3.63) is 106 Å². The number of hydrogen-bond donors (Lipinski definition) is 4. The summed E-state index contributed by atoms with van der Waals surface area (Å²) in [7, 11) is 1.70. The second-order valence-corrected chi connectivity index (χ2v) is 20.6. The van der Waals surface area contributed by atoms with Crippen LogP contribution < -0.4 is 31.9 Å². The van der Waals surface area contributed by atoms with Gasteiger partial charge in [-0.2, -0.15) is 0 Å². The number of ether oxygens (including phenoxy) is 1. The Labute approximate surface area is 418 Å². The Hall–Kier alpha value is -6.57. The fraction of sp³-hybridized carbons (Fsp3) is 0.482. The van der Waals surface area contributed by atoms with E-state index in [2.05, 4.69) is 50.1 Å². The SMILES string of the molecule is Cc1ccc(N[C@H]2CNCC2(F)F)cc1C(=O)N[C@H](C)c1ccc(C#CC2CCC(OC3CCN(C(=O)C4CCN(c5ccc6c(c5)n(C)c(=O)n6C5CCC(=O)NC5=O)CC4)CC3)CC2)c2ccccc12. The van der Waals surface area contributed by atoms with Crippen LogP contribution in [0, 0.1) is 30.6 Å². The number of nitrogens with one attached hydrogen (secondary N) is 4. The highest BCUT2D eigenvalue weighted by Crippen LogP contribution is 2.34. The number of imide groups is 1. The third-order valence-corrected chi connectivity index (χ3v) is 15.8. The molecule has 1 saturated carbocycles. The molecule has 4 amide bonds. The molecule has 4 aromatic carbocycles. The Kier molecular flexibility index (Phi) is 14.0. The average Bonchev–Trinajstić information content (AvgIpc) is 3.85. The standard InChI is InChI=1S/C56H64F2N8O6/c1-34-8-14-39(61-50-32-59-33-56(50,57)58)30-46(34)52(68)60-35(2)43-18-13-37(44-6-4-5-7-45(43)44)12-9-36-10-16-41(17-11-36)72-42-24-28-65(29-25-42)54(70)38-22-26-64(27-23-38)40-15-19-47-49(31-40)63(3)55(71)66(47)48-20-21-51(67)62-53(48)69/h4-8,13-15,18-19,30-31,35-36,38,41-42,48,50,59,61H,10-11,16-17,20-29,32-33H2,1-3H3,(H,60,68)(H,62,67,69)/t35-,36?,41?,48?,50+/m1/s1. The topological polar surface area (TPSA) is 159 Å². The van der Waals surface area contributed by atoms with Crippen LogP contribution in [0.3, 0.4) is 0 Å². The van der Waals surface area contributed by atoms with E-state index in [-0.39, 0.29) is 79.4 Å². The molecule has 10 rings (SSSR count). The number of hydrogen-bond acceptors (Lipinski definition) is 9. The van der Waals surface area contributed by atoms with E-state index in [1.54, 1.807) is 29.8 Å². The zero-order valence-electron chi connectivity index (χ0n) is 41.3. The summed E-state index contributed by atoms with van der Waals surface area (Å²) in [6, 6.07) is 21.1. The van der Waals surface area contributed by atoms with Gasteiger partial charge in [-0.1, -0.05) is 48.2 Å². The minimum Gasteiger partial charge on any atom is -0.375 e. The van der Waals surface area contributed by atoms with Crippen molar-refractivity contribution in [2.75, 3.05) is 49.5 Å². The molecule has 0 radical (unpaired) electrons. The van der Waals surface area contributed by atoms with E-state index in [0.717, 1.165) is 103 Å². The predicted molar refractivity (Wildman–Crippen MR) is 273 cm³/mol. The molecule has 4 N–H and O–H groups in total. The van der Waals surface area contributed by atoms with Gasteiger partial charge in [-0.25, -0.2) is 13.6 Å². The first-order chi connectivity index (χ1) is 34.7. The van der Waals surface area contributed by atoms with Gasteiger partial charge in [0, 0.05) is 80.5 Å². The normalized spacial score (nSPS) is 23.4. The number of rotatable bonds is 10. The van der Waals surface area contributed by atoms with Crippen LogP contribution in [-0.4, -0.2) is 101 Å². The number of imidazole rings is 1. The van der Waals surface area contributed by atoms with Gasteiger partial charge in [-0.3, -0.25) is 33.6 Å². The van der Waals surface area contributed by atoms with Gasteiger partial charge in [0.15, 0.2) is 0 Å². The second-order valence-electron chi connectivity index (χ2n) is 20.6. The van der Waals surface area contributed by atoms with Crippen molar-refractivity contribution in [3.8, 4) is 11.8 Å². The first kappa shape index (κ1) is 49.0. The van der Waals surface area contributed by atoms with Crippen LogP contribution in [0.4, 0.5) is 20.2 Å². The number of likely N-dealkylation sites (tertiary alicyclic amines) is 1. The summed E-state index contributed by atoms with van der Waals surface area (Å²) in [6.07, 6.45) is 7.79. The largest absolute Gasteiger partial charge is 0.375 e. The van der Waals surface area contributed by atoms with Crippen LogP contribution in [0.15, 0.2) is 77.6 Å². The zero-order valence-corrected chi connectivity index (χ0v) is 41.3. The Morgan fingerprint density at radius 1 is 0.833 bits per heavy atom. The van der Waals surface area contributed by atoms with Crippen LogP contribution in [0.25, 0.3) is 21.8 Å². The van der Waals surface area contributed by atoms with Crippen molar-refractivity contribution in [2.24, 2.45) is 18.9 Å². The van der Waals surface area contributed by atoms with Gasteiger partial charge < -0.3 is 30.5 Å². The smallest absolute Gasteiger partial charge is 0.329 e. The van der Waals surface area contributed by atoms with Gasteiger partial charge in [0.2, 0.25) is 17.7 Å². The lowest BCUT2D eigenvalue weighted by molar-refractivity contribution is -0.140. The molecule has 0 bridgehead atoms. The fourth-order valence-electron chi connectivity index (χ4n) is 11.6. The number of benzene rings is 4. The van der Waals surface area contributed by atoms with Gasteiger partial charge in [-0.05, 0) is 130 Å². The molecular weight excluding hydrogens is 919 g/mol. The molecule has 1 aliphatic carbocycles. The summed E-state index contributed by atoms with van der Waals surface area (Å²) in [5.41, 5.74) is 5.64. The lowest BCUT2D eigenvalue weighted by atomic mass is 9.87. The minimum atomic E-state index is -2.88. The van der Waals surface area contributed by atoms with Crippen molar-refractivity contribution >= 4 is 56.8 Å². The van der Waals surface area contributed by atoms with Gasteiger partial charge in [-0.15, -0.1) is 0 Å². The number of aromatic nitrogens is 2. The number of anilines is 2. The van der Waals surface area contributed by atoms with Crippen molar-refractivity contribution < 1.29 is 32.7 Å². The van der Waals surface area contributed by atoms with E-state index < -0.39 is 23.9 Å². The Morgan fingerprint density at radius 2 is 1.57 bits per heavy atom. The molecule has 4 saturated heterocycles. The van der Waals surface area contributed by atoms with Crippen molar-refractivity contribution in [2.45, 2.75) is 114 Å². The van der Waals surface area contributed by atoms with Crippen LogP contribution in [0.1, 0.15) is 110 Å². The molecule has 5 heterocycles. The molecule has 14 nitrogen and oxygen atoms in total. The number of alkyl halides is 2. The first-order valence-electron chi connectivity index (χ1n) is 25.7. The lowest BCUT2D eigenvalue weighted by Crippen LogP contribution is -2.47. The first-order valence-corrected chi connectivity index (χ1v) is 25.7. The number of fused-ring (bicyclic) bond motifs is 2. The minimum absolute atomic E-state index is 0.0325.